The summed E-state index contributed by atoms with van der Waals surface area (Å²) in [4.78, 5) is 2.60. The summed E-state index contributed by atoms with van der Waals surface area (Å²) in [5.74, 6) is 1.72. The molecule has 0 unspecified atom stereocenters. The Morgan fingerprint density at radius 3 is 2.55 bits per heavy atom. The number of likely N-dealkylation sites (tertiary alicyclic amines) is 1. The van der Waals surface area contributed by atoms with Crippen molar-refractivity contribution in [2.45, 2.75) is 24.9 Å². The van der Waals surface area contributed by atoms with Crippen LogP contribution in [0.4, 0.5) is 0 Å². The Kier molecular flexibility index (Phi) is 3.94. The van der Waals surface area contributed by atoms with Crippen LogP contribution in [0.3, 0.4) is 0 Å². The van der Waals surface area contributed by atoms with E-state index in [4.69, 9.17) is 14.2 Å². The number of nitrogens with zero attached hydrogens (tertiary/aromatic N) is 1. The molecule has 1 aromatic rings. The predicted octanol–water partition coefficient (Wildman–Crippen LogP) is 1.41. The van der Waals surface area contributed by atoms with Crippen molar-refractivity contribution >= 4 is 0 Å². The number of ether oxygens (including phenoxy) is 3. The quantitative estimate of drug-likeness (QED) is 0.891. The molecule has 0 aliphatic carbocycles. The van der Waals surface area contributed by atoms with Gasteiger partial charge in [-0.25, -0.2) is 0 Å². The molecule has 0 atom stereocenters. The summed E-state index contributed by atoms with van der Waals surface area (Å²) in [5.41, 5.74) is 1.46. The van der Waals surface area contributed by atoms with Gasteiger partial charge in [0.25, 0.3) is 0 Å². The van der Waals surface area contributed by atoms with Crippen LogP contribution in [-0.2, 0) is 11.3 Å². The van der Waals surface area contributed by atoms with Gasteiger partial charge in [-0.3, -0.25) is 4.90 Å². The second-order valence-electron chi connectivity index (χ2n) is 6.49. The number of rotatable bonds is 5. The fourth-order valence-corrected chi connectivity index (χ4v) is 3.56. The summed E-state index contributed by atoms with van der Waals surface area (Å²) >= 11 is 0. The Morgan fingerprint density at radius 1 is 1.05 bits per heavy atom. The summed E-state index contributed by atoms with van der Waals surface area (Å²) in [6.07, 6.45) is 2.65. The second-order valence-corrected chi connectivity index (χ2v) is 6.49. The molecule has 3 heterocycles. The molecule has 120 valence electrons. The number of nitrogens with one attached hydrogen (secondary N) is 1. The number of hydrogen-bond acceptors (Lipinski definition) is 5. The zero-order valence-electron chi connectivity index (χ0n) is 13.0. The zero-order valence-corrected chi connectivity index (χ0v) is 13.0. The van der Waals surface area contributed by atoms with E-state index in [0.717, 1.165) is 37.8 Å². The molecule has 2 saturated heterocycles. The van der Waals surface area contributed by atoms with E-state index in [2.05, 4.69) is 22.3 Å². The van der Waals surface area contributed by atoms with E-state index in [1.165, 1.54) is 31.5 Å². The maximum Gasteiger partial charge on any atom is 0.161 e. The highest BCUT2D eigenvalue weighted by Crippen LogP contribution is 2.31. The van der Waals surface area contributed by atoms with E-state index in [-0.39, 0.29) is 5.54 Å². The van der Waals surface area contributed by atoms with E-state index in [1.807, 2.05) is 6.07 Å². The molecule has 3 aliphatic heterocycles. The summed E-state index contributed by atoms with van der Waals surface area (Å²) in [7, 11) is 0. The first kappa shape index (κ1) is 14.3. The topological polar surface area (TPSA) is 43.0 Å². The Labute approximate surface area is 131 Å². The Hall–Kier alpha value is -1.30. The largest absolute Gasteiger partial charge is 0.486 e. The minimum absolute atomic E-state index is 0.227. The van der Waals surface area contributed by atoms with Gasteiger partial charge in [-0.2, -0.15) is 0 Å². The molecule has 0 aromatic heterocycles. The van der Waals surface area contributed by atoms with Crippen molar-refractivity contribution in [2.75, 3.05) is 46.1 Å². The normalized spacial score (nSPS) is 23.3. The van der Waals surface area contributed by atoms with Crippen LogP contribution in [0, 0.1) is 0 Å². The van der Waals surface area contributed by atoms with Crippen LogP contribution in [0.1, 0.15) is 18.4 Å². The van der Waals surface area contributed by atoms with Crippen LogP contribution in [0.25, 0.3) is 0 Å². The van der Waals surface area contributed by atoms with Crippen molar-refractivity contribution < 1.29 is 14.2 Å². The number of hydrogen-bond donors (Lipinski definition) is 1. The summed E-state index contributed by atoms with van der Waals surface area (Å²) in [6, 6.07) is 6.20. The Morgan fingerprint density at radius 2 is 1.82 bits per heavy atom. The van der Waals surface area contributed by atoms with E-state index < -0.39 is 0 Å². The Balaban J connectivity index is 1.34. The van der Waals surface area contributed by atoms with Crippen molar-refractivity contribution in [2.24, 2.45) is 0 Å². The van der Waals surface area contributed by atoms with Crippen LogP contribution in [0.5, 0.6) is 11.5 Å². The predicted molar refractivity (Wildman–Crippen MR) is 83.5 cm³/mol. The fourth-order valence-electron chi connectivity index (χ4n) is 3.56. The van der Waals surface area contributed by atoms with Gasteiger partial charge in [-0.15, -0.1) is 0 Å². The lowest BCUT2D eigenvalue weighted by Crippen LogP contribution is -2.66. The van der Waals surface area contributed by atoms with Crippen LogP contribution in [-0.4, -0.2) is 56.5 Å². The molecule has 1 N–H and O–H groups in total. The van der Waals surface area contributed by atoms with Gasteiger partial charge in [0.05, 0.1) is 18.8 Å². The lowest BCUT2D eigenvalue weighted by atomic mass is 9.95. The van der Waals surface area contributed by atoms with E-state index in [9.17, 15) is 0 Å². The smallest absolute Gasteiger partial charge is 0.161 e. The second kappa shape index (κ2) is 6.07. The number of fused-ring (bicyclic) bond motifs is 1. The van der Waals surface area contributed by atoms with Crippen LogP contribution < -0.4 is 14.8 Å². The molecule has 1 aromatic carbocycles. The molecule has 0 amide bonds. The van der Waals surface area contributed by atoms with Gasteiger partial charge < -0.3 is 19.5 Å². The molecule has 3 aliphatic rings. The fraction of sp³-hybridized carbons (Fsp3) is 0.647. The average molecular weight is 304 g/mol. The van der Waals surface area contributed by atoms with Gasteiger partial charge in [0.15, 0.2) is 11.5 Å². The third-order valence-electron chi connectivity index (χ3n) is 4.91. The standard InChI is InChI=1S/C17H24N2O3/c1-2-6-19(5-1)17(12-20-13-17)11-18-10-14-3-4-15-16(9-14)22-8-7-21-15/h3-4,9,18H,1-2,5-8,10-13H2. The molecule has 0 spiro atoms. The summed E-state index contributed by atoms with van der Waals surface area (Å²) in [5, 5.41) is 3.61. The molecular formula is C17H24N2O3. The molecule has 2 fully saturated rings. The lowest BCUT2D eigenvalue weighted by molar-refractivity contribution is -0.131. The van der Waals surface area contributed by atoms with Gasteiger partial charge in [0, 0.05) is 13.1 Å². The summed E-state index contributed by atoms with van der Waals surface area (Å²) in [6.45, 7) is 7.28. The molecule has 22 heavy (non-hydrogen) atoms. The van der Waals surface area contributed by atoms with E-state index in [0.29, 0.717) is 13.2 Å². The lowest BCUT2D eigenvalue weighted by Gasteiger charge is -2.48. The Bertz CT molecular complexity index is 525. The molecular weight excluding hydrogens is 280 g/mol. The third kappa shape index (κ3) is 2.69. The van der Waals surface area contributed by atoms with Gasteiger partial charge >= 0.3 is 0 Å². The third-order valence-corrected chi connectivity index (χ3v) is 4.91. The molecule has 0 bridgehead atoms. The van der Waals surface area contributed by atoms with E-state index >= 15 is 0 Å². The summed E-state index contributed by atoms with van der Waals surface area (Å²) < 4.78 is 16.7. The first-order chi connectivity index (χ1) is 10.9. The van der Waals surface area contributed by atoms with Gasteiger partial charge in [-0.05, 0) is 43.6 Å². The molecule has 0 radical (unpaired) electrons. The first-order valence-electron chi connectivity index (χ1n) is 8.28. The highest BCUT2D eigenvalue weighted by atomic mass is 16.6. The zero-order chi connectivity index (χ0) is 14.8. The minimum atomic E-state index is 0.227. The molecule has 0 saturated carbocycles. The maximum absolute atomic E-state index is 5.64. The molecule has 5 nitrogen and oxygen atoms in total. The van der Waals surface area contributed by atoms with Crippen molar-refractivity contribution in [3.63, 3.8) is 0 Å². The maximum atomic E-state index is 5.64. The number of benzene rings is 1. The van der Waals surface area contributed by atoms with Crippen molar-refractivity contribution in [1.82, 2.24) is 10.2 Å². The highest BCUT2D eigenvalue weighted by molar-refractivity contribution is 5.43. The van der Waals surface area contributed by atoms with Gasteiger partial charge in [0.1, 0.15) is 13.2 Å². The van der Waals surface area contributed by atoms with Crippen LogP contribution >= 0.6 is 0 Å². The van der Waals surface area contributed by atoms with Crippen LogP contribution in [0.15, 0.2) is 18.2 Å². The van der Waals surface area contributed by atoms with E-state index in [1.54, 1.807) is 0 Å². The van der Waals surface area contributed by atoms with Crippen molar-refractivity contribution in [1.29, 1.82) is 0 Å². The molecule has 5 heteroatoms. The van der Waals surface area contributed by atoms with Gasteiger partial charge in [0.2, 0.25) is 0 Å². The van der Waals surface area contributed by atoms with Crippen molar-refractivity contribution in [3.05, 3.63) is 23.8 Å². The monoisotopic (exact) mass is 304 g/mol. The van der Waals surface area contributed by atoms with Crippen molar-refractivity contribution in [3.8, 4) is 11.5 Å². The highest BCUT2D eigenvalue weighted by Gasteiger charge is 2.44. The molecule has 4 rings (SSSR count). The first-order valence-corrected chi connectivity index (χ1v) is 8.28. The minimum Gasteiger partial charge on any atom is -0.486 e. The average Bonchev–Trinajstić information content (AvgIpc) is 3.04. The van der Waals surface area contributed by atoms with Crippen LogP contribution in [0.2, 0.25) is 0 Å². The SMILES string of the molecule is c1cc2c(cc1CNCC1(N3CCCC3)COC1)OCCO2. The van der Waals surface area contributed by atoms with Gasteiger partial charge in [-0.1, -0.05) is 6.07 Å².